The molecule has 1 atom stereocenters. The molecule has 1 saturated heterocycles. The van der Waals surface area contributed by atoms with Crippen molar-refractivity contribution < 1.29 is 4.74 Å². The fourth-order valence-electron chi connectivity index (χ4n) is 1.36. The summed E-state index contributed by atoms with van der Waals surface area (Å²) in [7, 11) is 0. The molecule has 0 unspecified atom stereocenters. The Morgan fingerprint density at radius 2 is 2.00 bits per heavy atom. The first-order valence-electron chi connectivity index (χ1n) is 4.23. The van der Waals surface area contributed by atoms with Gasteiger partial charge in [-0.3, -0.25) is 0 Å². The minimum Gasteiger partial charge on any atom is -0.368 e. The van der Waals surface area contributed by atoms with E-state index in [1.54, 1.807) is 0 Å². The molecule has 1 aromatic carbocycles. The summed E-state index contributed by atoms with van der Waals surface area (Å²) in [4.78, 5) is 0. The third-order valence-corrected chi connectivity index (χ3v) is 2.29. The van der Waals surface area contributed by atoms with Gasteiger partial charge in [0.2, 0.25) is 0 Å². The summed E-state index contributed by atoms with van der Waals surface area (Å²) < 4.78 is 5.32. The van der Waals surface area contributed by atoms with Gasteiger partial charge in [-0.15, -0.1) is 0 Å². The van der Waals surface area contributed by atoms with Gasteiger partial charge in [-0.1, -0.05) is 30.3 Å². The molecule has 0 spiro atoms. The van der Waals surface area contributed by atoms with Crippen LogP contribution in [0.3, 0.4) is 0 Å². The van der Waals surface area contributed by atoms with Crippen LogP contribution in [0.15, 0.2) is 30.3 Å². The lowest BCUT2D eigenvalue weighted by atomic mass is 10.0. The standard InChI is InChI=1S/C10H13NO/c11-7-10(8-12-10)6-9-4-2-1-3-5-9/h1-5H,6-8,11H2/t10-/m0/s1. The normalized spacial score (nSPS) is 27.1. The van der Waals surface area contributed by atoms with E-state index in [-0.39, 0.29) is 5.60 Å². The summed E-state index contributed by atoms with van der Waals surface area (Å²) in [6, 6.07) is 10.3. The first kappa shape index (κ1) is 7.77. The van der Waals surface area contributed by atoms with Gasteiger partial charge >= 0.3 is 0 Å². The van der Waals surface area contributed by atoms with E-state index in [0.29, 0.717) is 6.54 Å². The van der Waals surface area contributed by atoms with Crippen LogP contribution in [-0.2, 0) is 11.2 Å². The van der Waals surface area contributed by atoms with Gasteiger partial charge in [0.05, 0.1) is 6.61 Å². The topological polar surface area (TPSA) is 38.5 Å². The van der Waals surface area contributed by atoms with Gasteiger partial charge in [0, 0.05) is 13.0 Å². The second-order valence-electron chi connectivity index (χ2n) is 3.34. The molecular formula is C10H13NO. The molecule has 2 heteroatoms. The van der Waals surface area contributed by atoms with Crippen LogP contribution in [0.4, 0.5) is 0 Å². The van der Waals surface area contributed by atoms with Crippen molar-refractivity contribution in [3.63, 3.8) is 0 Å². The van der Waals surface area contributed by atoms with E-state index < -0.39 is 0 Å². The fraction of sp³-hybridized carbons (Fsp3) is 0.400. The number of hydrogen-bond donors (Lipinski definition) is 1. The second kappa shape index (κ2) is 2.88. The lowest BCUT2D eigenvalue weighted by molar-refractivity contribution is 0.308. The Bertz CT molecular complexity index is 254. The number of nitrogens with two attached hydrogens (primary N) is 1. The van der Waals surface area contributed by atoms with E-state index in [4.69, 9.17) is 10.5 Å². The van der Waals surface area contributed by atoms with Gasteiger partial charge in [0.25, 0.3) is 0 Å². The molecule has 0 saturated carbocycles. The maximum Gasteiger partial charge on any atom is 0.108 e. The maximum absolute atomic E-state index is 5.59. The summed E-state index contributed by atoms with van der Waals surface area (Å²) in [6.45, 7) is 1.44. The van der Waals surface area contributed by atoms with Crippen molar-refractivity contribution in [3.8, 4) is 0 Å². The first-order valence-corrected chi connectivity index (χ1v) is 4.23. The molecule has 0 aliphatic carbocycles. The predicted molar refractivity (Wildman–Crippen MR) is 47.9 cm³/mol. The van der Waals surface area contributed by atoms with Crippen LogP contribution in [0.25, 0.3) is 0 Å². The van der Waals surface area contributed by atoms with E-state index in [0.717, 1.165) is 13.0 Å². The lowest BCUT2D eigenvalue weighted by Gasteiger charge is -2.07. The molecule has 2 nitrogen and oxygen atoms in total. The molecule has 1 aromatic rings. The molecule has 12 heavy (non-hydrogen) atoms. The number of ether oxygens (including phenoxy) is 1. The van der Waals surface area contributed by atoms with Crippen LogP contribution >= 0.6 is 0 Å². The largest absolute Gasteiger partial charge is 0.368 e. The summed E-state index contributed by atoms with van der Waals surface area (Å²) in [5, 5.41) is 0. The Hall–Kier alpha value is -0.860. The fourth-order valence-corrected chi connectivity index (χ4v) is 1.36. The molecule has 64 valence electrons. The zero-order valence-electron chi connectivity index (χ0n) is 6.99. The quantitative estimate of drug-likeness (QED) is 0.674. The minimum atomic E-state index is -0.0264. The molecule has 1 aliphatic rings. The molecular weight excluding hydrogens is 150 g/mol. The summed E-state index contributed by atoms with van der Waals surface area (Å²) in [5.41, 5.74) is 6.87. The van der Waals surface area contributed by atoms with E-state index in [9.17, 15) is 0 Å². The number of epoxide rings is 1. The predicted octanol–water partition coefficient (Wildman–Crippen LogP) is 0.957. The molecule has 1 aliphatic heterocycles. The van der Waals surface area contributed by atoms with Gasteiger partial charge < -0.3 is 10.5 Å². The number of rotatable bonds is 3. The van der Waals surface area contributed by atoms with E-state index in [1.165, 1.54) is 5.56 Å². The van der Waals surface area contributed by atoms with Crippen LogP contribution < -0.4 is 5.73 Å². The van der Waals surface area contributed by atoms with Crippen molar-refractivity contribution in [1.29, 1.82) is 0 Å². The Balaban J connectivity index is 2.04. The SMILES string of the molecule is NC[C@@]1(Cc2ccccc2)CO1. The van der Waals surface area contributed by atoms with Crippen LogP contribution in [0, 0.1) is 0 Å². The second-order valence-corrected chi connectivity index (χ2v) is 3.34. The van der Waals surface area contributed by atoms with Crippen LogP contribution in [-0.4, -0.2) is 18.8 Å². The summed E-state index contributed by atoms with van der Waals surface area (Å²) in [6.07, 6.45) is 0.949. The highest BCUT2D eigenvalue weighted by Gasteiger charge is 2.42. The van der Waals surface area contributed by atoms with Crippen molar-refractivity contribution >= 4 is 0 Å². The first-order chi connectivity index (χ1) is 5.85. The average Bonchev–Trinajstić information content (AvgIpc) is 2.88. The van der Waals surface area contributed by atoms with Gasteiger partial charge in [-0.25, -0.2) is 0 Å². The molecule has 0 aromatic heterocycles. The Labute approximate surface area is 72.3 Å². The monoisotopic (exact) mass is 163 g/mol. The summed E-state index contributed by atoms with van der Waals surface area (Å²) in [5.74, 6) is 0. The molecule has 2 N–H and O–H groups in total. The van der Waals surface area contributed by atoms with E-state index >= 15 is 0 Å². The summed E-state index contributed by atoms with van der Waals surface area (Å²) >= 11 is 0. The molecule has 1 heterocycles. The maximum atomic E-state index is 5.59. The molecule has 0 radical (unpaired) electrons. The molecule has 2 rings (SSSR count). The van der Waals surface area contributed by atoms with Gasteiger partial charge in [-0.05, 0) is 5.56 Å². The molecule has 0 amide bonds. The van der Waals surface area contributed by atoms with Gasteiger partial charge in [0.1, 0.15) is 5.60 Å². The zero-order valence-corrected chi connectivity index (χ0v) is 6.99. The Morgan fingerprint density at radius 1 is 1.33 bits per heavy atom. The third-order valence-electron chi connectivity index (χ3n) is 2.29. The number of hydrogen-bond acceptors (Lipinski definition) is 2. The smallest absolute Gasteiger partial charge is 0.108 e. The highest BCUT2D eigenvalue weighted by Crippen LogP contribution is 2.29. The minimum absolute atomic E-state index is 0.0264. The van der Waals surface area contributed by atoms with Crippen LogP contribution in [0.2, 0.25) is 0 Å². The van der Waals surface area contributed by atoms with Crippen LogP contribution in [0.5, 0.6) is 0 Å². The third kappa shape index (κ3) is 1.49. The van der Waals surface area contributed by atoms with Crippen molar-refractivity contribution in [3.05, 3.63) is 35.9 Å². The van der Waals surface area contributed by atoms with Crippen molar-refractivity contribution in [1.82, 2.24) is 0 Å². The van der Waals surface area contributed by atoms with E-state index in [1.807, 2.05) is 18.2 Å². The average molecular weight is 163 g/mol. The van der Waals surface area contributed by atoms with Gasteiger partial charge in [-0.2, -0.15) is 0 Å². The van der Waals surface area contributed by atoms with Crippen LogP contribution in [0.1, 0.15) is 5.56 Å². The number of benzene rings is 1. The zero-order chi connectivity index (χ0) is 8.44. The van der Waals surface area contributed by atoms with Crippen molar-refractivity contribution in [2.75, 3.05) is 13.2 Å². The van der Waals surface area contributed by atoms with Crippen molar-refractivity contribution in [2.45, 2.75) is 12.0 Å². The lowest BCUT2D eigenvalue weighted by Crippen LogP contribution is -2.26. The molecule has 0 bridgehead atoms. The molecule has 1 fully saturated rings. The Morgan fingerprint density at radius 3 is 2.50 bits per heavy atom. The van der Waals surface area contributed by atoms with Gasteiger partial charge in [0.15, 0.2) is 0 Å². The van der Waals surface area contributed by atoms with E-state index in [2.05, 4.69) is 12.1 Å². The van der Waals surface area contributed by atoms with Crippen molar-refractivity contribution in [2.24, 2.45) is 5.73 Å². The highest BCUT2D eigenvalue weighted by molar-refractivity contribution is 5.19. The highest BCUT2D eigenvalue weighted by atomic mass is 16.6. The Kier molecular flexibility index (Phi) is 1.87.